The van der Waals surface area contributed by atoms with Gasteiger partial charge in [-0.15, -0.1) is 0 Å². The zero-order valence-electron chi connectivity index (χ0n) is 16.3. The van der Waals surface area contributed by atoms with E-state index in [0.29, 0.717) is 0 Å². The molecule has 0 spiro atoms. The zero-order valence-corrected chi connectivity index (χ0v) is 16.3. The van der Waals surface area contributed by atoms with Gasteiger partial charge < -0.3 is 0 Å². The van der Waals surface area contributed by atoms with Gasteiger partial charge in [0.1, 0.15) is 5.82 Å². The normalized spacial score (nSPS) is 20.3. The molecule has 1 aromatic carbocycles. The molecule has 0 unspecified atom stereocenters. The molecule has 1 heterocycles. The van der Waals surface area contributed by atoms with Gasteiger partial charge in [-0.2, -0.15) is 0 Å². The van der Waals surface area contributed by atoms with Crippen molar-refractivity contribution in [2.75, 3.05) is 0 Å². The van der Waals surface area contributed by atoms with Crippen molar-refractivity contribution in [2.45, 2.75) is 71.6 Å². The number of hydrogen-bond acceptors (Lipinski definition) is 1. The largest absolute Gasteiger partial charge is 0.256 e. The van der Waals surface area contributed by atoms with Gasteiger partial charge in [-0.25, -0.2) is 4.39 Å². The summed E-state index contributed by atoms with van der Waals surface area (Å²) in [6.07, 6.45) is 12.7. The van der Waals surface area contributed by atoms with Gasteiger partial charge in [0.15, 0.2) is 0 Å². The van der Waals surface area contributed by atoms with Crippen LogP contribution in [0.2, 0.25) is 0 Å². The lowest BCUT2D eigenvalue weighted by atomic mass is 9.78. The lowest BCUT2D eigenvalue weighted by molar-refractivity contribution is 0.258. The van der Waals surface area contributed by atoms with Gasteiger partial charge in [0.2, 0.25) is 0 Å². The number of halogens is 1. The highest BCUT2D eigenvalue weighted by atomic mass is 19.1. The highest BCUT2D eigenvalue weighted by Gasteiger charge is 2.20. The molecule has 1 aliphatic rings. The van der Waals surface area contributed by atoms with Crippen molar-refractivity contribution >= 4 is 0 Å². The monoisotopic (exact) mass is 353 g/mol. The Labute approximate surface area is 158 Å². The van der Waals surface area contributed by atoms with Gasteiger partial charge in [-0.3, -0.25) is 4.98 Å². The second-order valence-corrected chi connectivity index (χ2v) is 7.94. The Balaban J connectivity index is 1.59. The van der Waals surface area contributed by atoms with Crippen LogP contribution in [-0.4, -0.2) is 4.98 Å². The van der Waals surface area contributed by atoms with Crippen LogP contribution in [0.25, 0.3) is 11.3 Å². The van der Waals surface area contributed by atoms with E-state index in [1.54, 1.807) is 6.07 Å². The standard InChI is InChI=1S/C24H32FN/c1-3-5-20-11-15-24(26-17-20)22-14-13-21(23(25)16-22)12-10-19-8-6-18(4-2)7-9-19/h11,13-19H,3-10,12H2,1-2H3/t18-,19-. The maximum Gasteiger partial charge on any atom is 0.127 e. The van der Waals surface area contributed by atoms with E-state index in [-0.39, 0.29) is 5.82 Å². The van der Waals surface area contributed by atoms with Crippen LogP contribution in [0.5, 0.6) is 0 Å². The second kappa shape index (κ2) is 9.30. The summed E-state index contributed by atoms with van der Waals surface area (Å²) in [5, 5.41) is 0. The van der Waals surface area contributed by atoms with E-state index >= 15 is 0 Å². The topological polar surface area (TPSA) is 12.9 Å². The van der Waals surface area contributed by atoms with E-state index in [2.05, 4.69) is 24.9 Å². The van der Waals surface area contributed by atoms with Crippen LogP contribution in [0, 0.1) is 17.7 Å². The molecule has 1 nitrogen and oxygen atoms in total. The molecular formula is C24H32FN. The zero-order chi connectivity index (χ0) is 18.4. The number of pyridine rings is 1. The number of aryl methyl sites for hydroxylation is 2. The van der Waals surface area contributed by atoms with Gasteiger partial charge in [0.25, 0.3) is 0 Å². The van der Waals surface area contributed by atoms with E-state index in [0.717, 1.165) is 54.3 Å². The molecular weight excluding hydrogens is 321 g/mol. The van der Waals surface area contributed by atoms with Gasteiger partial charge in [0.05, 0.1) is 5.69 Å². The minimum atomic E-state index is -0.0795. The van der Waals surface area contributed by atoms with Crippen LogP contribution in [0.15, 0.2) is 36.5 Å². The van der Waals surface area contributed by atoms with E-state index in [4.69, 9.17) is 0 Å². The average Bonchev–Trinajstić information content (AvgIpc) is 2.68. The van der Waals surface area contributed by atoms with Crippen LogP contribution in [0.1, 0.15) is 69.9 Å². The predicted molar refractivity (Wildman–Crippen MR) is 108 cm³/mol. The molecule has 0 N–H and O–H groups in total. The van der Waals surface area contributed by atoms with E-state index in [1.165, 1.54) is 37.7 Å². The molecule has 2 heteroatoms. The lowest BCUT2D eigenvalue weighted by Crippen LogP contribution is -2.14. The van der Waals surface area contributed by atoms with Gasteiger partial charge in [0, 0.05) is 11.8 Å². The Hall–Kier alpha value is -1.70. The quantitative estimate of drug-likeness (QED) is 0.523. The summed E-state index contributed by atoms with van der Waals surface area (Å²) in [6, 6.07) is 9.75. The Morgan fingerprint density at radius 3 is 2.35 bits per heavy atom. The average molecular weight is 354 g/mol. The molecule has 1 saturated carbocycles. The van der Waals surface area contributed by atoms with E-state index < -0.39 is 0 Å². The second-order valence-electron chi connectivity index (χ2n) is 7.94. The van der Waals surface area contributed by atoms with Crippen LogP contribution in [0.4, 0.5) is 4.39 Å². The number of nitrogens with zero attached hydrogens (tertiary/aromatic N) is 1. The summed E-state index contributed by atoms with van der Waals surface area (Å²) in [6.45, 7) is 4.46. The third-order valence-electron chi connectivity index (χ3n) is 6.08. The van der Waals surface area contributed by atoms with Crippen molar-refractivity contribution in [1.82, 2.24) is 4.98 Å². The molecule has 0 aliphatic heterocycles. The van der Waals surface area contributed by atoms with Crippen LogP contribution >= 0.6 is 0 Å². The molecule has 0 amide bonds. The van der Waals surface area contributed by atoms with E-state index in [1.807, 2.05) is 24.4 Å². The number of benzene rings is 1. The van der Waals surface area contributed by atoms with Crippen molar-refractivity contribution in [3.05, 3.63) is 53.5 Å². The van der Waals surface area contributed by atoms with Crippen LogP contribution in [-0.2, 0) is 12.8 Å². The molecule has 1 fully saturated rings. The summed E-state index contributed by atoms with van der Waals surface area (Å²) in [5.74, 6) is 1.63. The lowest BCUT2D eigenvalue weighted by Gasteiger charge is -2.27. The first-order valence-corrected chi connectivity index (χ1v) is 10.4. The molecule has 1 aliphatic carbocycles. The van der Waals surface area contributed by atoms with Crippen molar-refractivity contribution < 1.29 is 4.39 Å². The van der Waals surface area contributed by atoms with Crippen molar-refractivity contribution in [3.63, 3.8) is 0 Å². The summed E-state index contributed by atoms with van der Waals surface area (Å²) in [7, 11) is 0. The number of aromatic nitrogens is 1. The highest BCUT2D eigenvalue weighted by Crippen LogP contribution is 2.33. The number of hydrogen-bond donors (Lipinski definition) is 0. The fourth-order valence-corrected chi connectivity index (χ4v) is 4.23. The first-order chi connectivity index (χ1) is 12.7. The van der Waals surface area contributed by atoms with Crippen molar-refractivity contribution in [1.29, 1.82) is 0 Å². The SMILES string of the molecule is CCCc1ccc(-c2ccc(CC[C@H]3CC[C@H](CC)CC3)c(F)c2)nc1. The Morgan fingerprint density at radius 1 is 0.962 bits per heavy atom. The molecule has 0 atom stereocenters. The van der Waals surface area contributed by atoms with Gasteiger partial charge >= 0.3 is 0 Å². The van der Waals surface area contributed by atoms with Crippen LogP contribution < -0.4 is 0 Å². The molecule has 2 aromatic rings. The third kappa shape index (κ3) is 4.93. The first-order valence-electron chi connectivity index (χ1n) is 10.4. The molecule has 1 aromatic heterocycles. The van der Waals surface area contributed by atoms with Crippen molar-refractivity contribution in [2.24, 2.45) is 11.8 Å². The smallest absolute Gasteiger partial charge is 0.127 e. The summed E-state index contributed by atoms with van der Waals surface area (Å²) in [4.78, 5) is 4.51. The van der Waals surface area contributed by atoms with Crippen molar-refractivity contribution in [3.8, 4) is 11.3 Å². The van der Waals surface area contributed by atoms with Gasteiger partial charge in [-0.1, -0.05) is 70.6 Å². The first kappa shape index (κ1) is 19.1. The summed E-state index contributed by atoms with van der Waals surface area (Å²) in [5.41, 5.74) is 3.83. The minimum Gasteiger partial charge on any atom is -0.256 e. The molecule has 140 valence electrons. The molecule has 0 saturated heterocycles. The highest BCUT2D eigenvalue weighted by molar-refractivity contribution is 5.59. The molecule has 26 heavy (non-hydrogen) atoms. The summed E-state index contributed by atoms with van der Waals surface area (Å²) >= 11 is 0. The summed E-state index contributed by atoms with van der Waals surface area (Å²) < 4.78 is 14.6. The van der Waals surface area contributed by atoms with Crippen LogP contribution in [0.3, 0.4) is 0 Å². The minimum absolute atomic E-state index is 0.0795. The fraction of sp³-hybridized carbons (Fsp3) is 0.542. The van der Waals surface area contributed by atoms with Gasteiger partial charge in [-0.05, 0) is 54.4 Å². The Bertz CT molecular complexity index is 684. The fourth-order valence-electron chi connectivity index (χ4n) is 4.23. The maximum absolute atomic E-state index is 14.6. The Kier molecular flexibility index (Phi) is 6.82. The predicted octanol–water partition coefficient (Wildman–Crippen LogP) is 6.99. The molecule has 0 bridgehead atoms. The molecule has 0 radical (unpaired) electrons. The third-order valence-corrected chi connectivity index (χ3v) is 6.08. The maximum atomic E-state index is 14.6. The van der Waals surface area contributed by atoms with E-state index in [9.17, 15) is 4.39 Å². The Morgan fingerprint density at radius 2 is 1.73 bits per heavy atom. The number of rotatable bonds is 7. The molecule has 3 rings (SSSR count).